The summed E-state index contributed by atoms with van der Waals surface area (Å²) < 4.78 is 37.4. The molecule has 0 N–H and O–H groups in total. The van der Waals surface area contributed by atoms with Gasteiger partial charge < -0.3 is 32.5 Å². The molecule has 208 valence electrons. The second-order valence-electron chi connectivity index (χ2n) is 8.13. The van der Waals surface area contributed by atoms with Crippen molar-refractivity contribution in [2.45, 2.75) is 20.0 Å². The van der Waals surface area contributed by atoms with E-state index in [1.54, 1.807) is 26.0 Å². The lowest BCUT2D eigenvalue weighted by molar-refractivity contribution is -0.136. The van der Waals surface area contributed by atoms with Gasteiger partial charge in [0.2, 0.25) is 11.5 Å². The fourth-order valence-electron chi connectivity index (χ4n) is 3.77. The molecule has 12 nitrogen and oxygen atoms in total. The molecule has 40 heavy (non-hydrogen) atoms. The van der Waals surface area contributed by atoms with Crippen LogP contribution in [-0.4, -0.2) is 50.9 Å². The zero-order valence-corrected chi connectivity index (χ0v) is 21.5. The average Bonchev–Trinajstić information content (AvgIpc) is 2.94. The molecule has 0 aliphatic carbocycles. The highest BCUT2D eigenvalue weighted by molar-refractivity contribution is 5.91. The second-order valence-corrected chi connectivity index (χ2v) is 8.13. The highest BCUT2D eigenvalue weighted by Gasteiger charge is 2.20. The summed E-state index contributed by atoms with van der Waals surface area (Å²) in [6.45, 7) is 3.23. The summed E-state index contributed by atoms with van der Waals surface area (Å²) in [6.07, 6.45) is -0.959. The number of esters is 2. The normalized spacial score (nSPS) is 10.9. The highest BCUT2D eigenvalue weighted by atomic mass is 16.6. The molecule has 0 saturated carbocycles. The van der Waals surface area contributed by atoms with Gasteiger partial charge in [-0.2, -0.15) is 0 Å². The summed E-state index contributed by atoms with van der Waals surface area (Å²) in [5.74, 6) is -1.80. The molecule has 0 radical (unpaired) electrons. The molecule has 0 aliphatic rings. The predicted molar refractivity (Wildman–Crippen MR) is 139 cm³/mol. The van der Waals surface area contributed by atoms with Crippen LogP contribution in [0, 0.1) is 0 Å². The van der Waals surface area contributed by atoms with E-state index in [0.29, 0.717) is 0 Å². The van der Waals surface area contributed by atoms with Crippen molar-refractivity contribution in [3.8, 4) is 11.5 Å². The number of hydrogen-bond acceptors (Lipinski definition) is 12. The standard InChI is InChI=1S/C28H24O12/c1-3-34-27(32)23-11-17(30)25-19(7-5-9-21(25)39-23)36-13-16(38-15-29)14-37-20-8-6-10-22-26(20)18(31)12-24(40-22)28(33)35-4-2/h5-12,15-16H,3-4,13-14H2,1-2H3. The van der Waals surface area contributed by atoms with Crippen LogP contribution >= 0.6 is 0 Å². The van der Waals surface area contributed by atoms with E-state index >= 15 is 0 Å². The van der Waals surface area contributed by atoms with Gasteiger partial charge in [-0.25, -0.2) is 9.59 Å². The lowest BCUT2D eigenvalue weighted by Crippen LogP contribution is -2.28. The van der Waals surface area contributed by atoms with Gasteiger partial charge in [0.1, 0.15) is 46.7 Å². The monoisotopic (exact) mass is 552 g/mol. The van der Waals surface area contributed by atoms with Crippen molar-refractivity contribution >= 4 is 40.3 Å². The van der Waals surface area contributed by atoms with Gasteiger partial charge in [0.25, 0.3) is 6.47 Å². The van der Waals surface area contributed by atoms with Gasteiger partial charge in [-0.1, -0.05) is 12.1 Å². The lowest BCUT2D eigenvalue weighted by Gasteiger charge is -2.18. The quantitative estimate of drug-likeness (QED) is 0.144. The van der Waals surface area contributed by atoms with E-state index in [-0.39, 0.29) is 77.9 Å². The number of rotatable bonds is 12. The van der Waals surface area contributed by atoms with Crippen molar-refractivity contribution in [2.24, 2.45) is 0 Å². The largest absolute Gasteiger partial charge is 0.489 e. The minimum absolute atomic E-state index is 0.0744. The van der Waals surface area contributed by atoms with E-state index in [2.05, 4.69) is 0 Å². The van der Waals surface area contributed by atoms with Gasteiger partial charge >= 0.3 is 11.9 Å². The first-order chi connectivity index (χ1) is 19.4. The maximum Gasteiger partial charge on any atom is 0.374 e. The number of fused-ring (bicyclic) bond motifs is 2. The summed E-state index contributed by atoms with van der Waals surface area (Å²) in [5.41, 5.74) is -0.869. The molecule has 0 saturated heterocycles. The number of hydrogen-bond donors (Lipinski definition) is 0. The van der Waals surface area contributed by atoms with E-state index in [0.717, 1.165) is 12.1 Å². The summed E-state index contributed by atoms with van der Waals surface area (Å²) in [7, 11) is 0. The van der Waals surface area contributed by atoms with Crippen LogP contribution in [0.15, 0.2) is 67.0 Å². The van der Waals surface area contributed by atoms with E-state index < -0.39 is 28.9 Å². The Hall–Kier alpha value is -5.13. The molecule has 4 rings (SSSR count). The predicted octanol–water partition coefficient (Wildman–Crippen LogP) is 3.25. The first kappa shape index (κ1) is 27.9. The Labute approximate surface area is 225 Å². The Morgan fingerprint density at radius 3 is 1.62 bits per heavy atom. The maximum absolute atomic E-state index is 12.7. The molecule has 2 heterocycles. The summed E-state index contributed by atoms with van der Waals surface area (Å²) in [5, 5.41) is 0.149. The Kier molecular flexibility index (Phi) is 8.79. The van der Waals surface area contributed by atoms with Crippen LogP contribution in [0.2, 0.25) is 0 Å². The van der Waals surface area contributed by atoms with Crippen molar-refractivity contribution in [3.63, 3.8) is 0 Å². The van der Waals surface area contributed by atoms with Crippen LogP contribution in [-0.2, 0) is 19.0 Å². The van der Waals surface area contributed by atoms with Crippen molar-refractivity contribution in [1.82, 2.24) is 0 Å². The molecular formula is C28H24O12. The van der Waals surface area contributed by atoms with Crippen LogP contribution in [0.4, 0.5) is 0 Å². The van der Waals surface area contributed by atoms with E-state index in [1.807, 2.05) is 0 Å². The fraction of sp³-hybridized carbons (Fsp3) is 0.250. The van der Waals surface area contributed by atoms with Crippen LogP contribution in [0.25, 0.3) is 21.9 Å². The van der Waals surface area contributed by atoms with Crippen LogP contribution in [0.1, 0.15) is 35.0 Å². The summed E-state index contributed by atoms with van der Waals surface area (Å²) in [6, 6.07) is 11.1. The first-order valence-corrected chi connectivity index (χ1v) is 12.2. The molecule has 12 heteroatoms. The van der Waals surface area contributed by atoms with E-state index in [4.69, 9.17) is 32.5 Å². The SMILES string of the molecule is CCOC(=O)c1cc(=O)c2c(OCC(COc3cccc4oc(C(=O)OCC)cc(=O)c34)OC=O)cccc2o1. The lowest BCUT2D eigenvalue weighted by atomic mass is 10.2. The summed E-state index contributed by atoms with van der Waals surface area (Å²) >= 11 is 0. The highest BCUT2D eigenvalue weighted by Crippen LogP contribution is 2.26. The first-order valence-electron chi connectivity index (χ1n) is 12.2. The average molecular weight is 552 g/mol. The molecule has 0 spiro atoms. The third-order valence-corrected chi connectivity index (χ3v) is 5.48. The maximum atomic E-state index is 12.7. The third kappa shape index (κ3) is 6.12. The van der Waals surface area contributed by atoms with Gasteiger partial charge in [-0.05, 0) is 38.1 Å². The molecule has 4 aromatic rings. The molecular weight excluding hydrogens is 528 g/mol. The van der Waals surface area contributed by atoms with Gasteiger partial charge in [0.15, 0.2) is 17.0 Å². The van der Waals surface area contributed by atoms with E-state index in [1.165, 1.54) is 24.3 Å². The van der Waals surface area contributed by atoms with Crippen LogP contribution < -0.4 is 20.3 Å². The molecule has 0 atom stereocenters. The zero-order valence-electron chi connectivity index (χ0n) is 21.5. The van der Waals surface area contributed by atoms with Gasteiger partial charge in [0.05, 0.1) is 13.2 Å². The number of ether oxygens (including phenoxy) is 5. The molecule has 0 aliphatic heterocycles. The Balaban J connectivity index is 1.52. The van der Waals surface area contributed by atoms with Gasteiger partial charge in [0, 0.05) is 12.1 Å². The van der Waals surface area contributed by atoms with Gasteiger partial charge in [-0.3, -0.25) is 14.4 Å². The Morgan fingerprint density at radius 1 is 0.775 bits per heavy atom. The van der Waals surface area contributed by atoms with E-state index in [9.17, 15) is 24.0 Å². The van der Waals surface area contributed by atoms with Crippen LogP contribution in [0.3, 0.4) is 0 Å². The topological polar surface area (TPSA) is 158 Å². The zero-order chi connectivity index (χ0) is 28.6. The fourth-order valence-corrected chi connectivity index (χ4v) is 3.77. The Morgan fingerprint density at radius 2 is 1.23 bits per heavy atom. The number of benzene rings is 2. The second kappa shape index (κ2) is 12.6. The molecule has 0 bridgehead atoms. The van der Waals surface area contributed by atoms with Crippen LogP contribution in [0.5, 0.6) is 11.5 Å². The minimum Gasteiger partial charge on any atom is -0.489 e. The number of carbonyl (C=O) groups is 3. The van der Waals surface area contributed by atoms with Crippen molar-refractivity contribution < 1.29 is 46.9 Å². The molecule has 0 fully saturated rings. The van der Waals surface area contributed by atoms with Crippen molar-refractivity contribution in [2.75, 3.05) is 26.4 Å². The molecule has 0 unspecified atom stereocenters. The smallest absolute Gasteiger partial charge is 0.374 e. The molecule has 0 amide bonds. The van der Waals surface area contributed by atoms with Crippen molar-refractivity contribution in [1.29, 1.82) is 0 Å². The molecule has 2 aromatic carbocycles. The minimum atomic E-state index is -0.959. The van der Waals surface area contributed by atoms with Gasteiger partial charge in [-0.15, -0.1) is 0 Å². The number of carbonyl (C=O) groups excluding carboxylic acids is 3. The third-order valence-electron chi connectivity index (χ3n) is 5.48. The molecule has 2 aromatic heterocycles. The van der Waals surface area contributed by atoms with Crippen molar-refractivity contribution in [3.05, 3.63) is 80.5 Å². The summed E-state index contributed by atoms with van der Waals surface area (Å²) in [4.78, 5) is 60.6. The Bertz CT molecular complexity index is 1550.